The highest BCUT2D eigenvalue weighted by molar-refractivity contribution is 5.81. The third-order valence-electron chi connectivity index (χ3n) is 6.56. The molecule has 0 radical (unpaired) electrons. The molecule has 32 heavy (non-hydrogen) atoms. The second kappa shape index (κ2) is 10.2. The van der Waals surface area contributed by atoms with Crippen molar-refractivity contribution in [3.8, 4) is 0 Å². The number of β-amino-alcohol motifs (C(OH)–C–C–N with tert-alkyl or cyclic N) is 1. The molecule has 0 aliphatic carbocycles. The van der Waals surface area contributed by atoms with Gasteiger partial charge in [0.25, 0.3) is 5.91 Å². The van der Waals surface area contributed by atoms with Gasteiger partial charge in [0.15, 0.2) is 0 Å². The molecule has 7 nitrogen and oxygen atoms in total. The maximum Gasteiger partial charge on any atom is 0.490 e. The van der Waals surface area contributed by atoms with Gasteiger partial charge >= 0.3 is 12.1 Å². The average Bonchev–Trinajstić information content (AvgIpc) is 3.42. The Morgan fingerprint density at radius 2 is 1.88 bits per heavy atom. The number of carboxylic acids is 1. The topological polar surface area (TPSA) is 90.3 Å². The van der Waals surface area contributed by atoms with Crippen molar-refractivity contribution in [1.29, 1.82) is 0 Å². The maximum absolute atomic E-state index is 12.8. The van der Waals surface area contributed by atoms with Gasteiger partial charge in [0.2, 0.25) is 0 Å². The highest BCUT2D eigenvalue weighted by atomic mass is 19.4. The van der Waals surface area contributed by atoms with Crippen LogP contribution in [0.2, 0.25) is 0 Å². The Kier molecular flexibility index (Phi) is 7.79. The van der Waals surface area contributed by atoms with E-state index in [0.717, 1.165) is 45.4 Å². The largest absolute Gasteiger partial charge is 0.490 e. The number of likely N-dealkylation sites (tertiary alicyclic amines) is 2. The summed E-state index contributed by atoms with van der Waals surface area (Å²) in [5, 5.41) is 16.5. The summed E-state index contributed by atoms with van der Waals surface area (Å²) >= 11 is 0. The zero-order valence-corrected chi connectivity index (χ0v) is 17.8. The molecule has 3 atom stereocenters. The third kappa shape index (κ3) is 5.41. The minimum Gasteiger partial charge on any atom is -0.475 e. The van der Waals surface area contributed by atoms with Gasteiger partial charge in [-0.15, -0.1) is 0 Å². The van der Waals surface area contributed by atoms with Gasteiger partial charge in [0.05, 0.1) is 6.61 Å². The van der Waals surface area contributed by atoms with E-state index in [2.05, 4.69) is 35.2 Å². The number of carboxylic acid groups (broad SMARTS) is 1. The van der Waals surface area contributed by atoms with E-state index < -0.39 is 12.1 Å². The van der Waals surface area contributed by atoms with Crippen LogP contribution >= 0.6 is 0 Å². The number of ether oxygens (including phenoxy) is 1. The number of hydrogen-bond donors (Lipinski definition) is 2. The monoisotopic (exact) mass is 458 g/mol. The van der Waals surface area contributed by atoms with Gasteiger partial charge in [0, 0.05) is 50.7 Å². The van der Waals surface area contributed by atoms with Crippen LogP contribution in [0.4, 0.5) is 13.2 Å². The van der Waals surface area contributed by atoms with Crippen molar-refractivity contribution in [2.24, 2.45) is 5.92 Å². The van der Waals surface area contributed by atoms with Crippen molar-refractivity contribution >= 4 is 11.9 Å². The standard InChI is InChI=1S/C20H28N2O3.C2HF3O2/c23-11-10-21-13-17-14-22(19(24)18-7-4-12-25-18)9-8-20(17,15-21)16-5-2-1-3-6-16;3-2(4,5)1(6)7/h1-3,5-6,17-18,23H,4,7-15H2;(H,6,7)/t17?,18-,20?;/m1./s1. The molecular weight excluding hydrogens is 429 g/mol. The number of carbonyl (C=O) groups excluding carboxylic acids is 1. The fourth-order valence-corrected chi connectivity index (χ4v) is 5.02. The Bertz CT molecular complexity index is 786. The van der Waals surface area contributed by atoms with Crippen LogP contribution in [0.25, 0.3) is 0 Å². The molecule has 10 heteroatoms. The van der Waals surface area contributed by atoms with Crippen molar-refractivity contribution in [2.75, 3.05) is 45.9 Å². The number of piperidine rings is 1. The summed E-state index contributed by atoms with van der Waals surface area (Å²) in [6.07, 6.45) is -2.46. The van der Waals surface area contributed by atoms with Crippen LogP contribution in [-0.4, -0.2) is 90.1 Å². The van der Waals surface area contributed by atoms with Gasteiger partial charge in [-0.2, -0.15) is 13.2 Å². The molecule has 0 saturated carbocycles. The number of amides is 1. The van der Waals surface area contributed by atoms with E-state index in [-0.39, 0.29) is 24.0 Å². The number of rotatable bonds is 4. The molecule has 1 aromatic carbocycles. The molecule has 2 N–H and O–H groups in total. The van der Waals surface area contributed by atoms with Crippen LogP contribution in [0.3, 0.4) is 0 Å². The molecule has 0 bridgehead atoms. The Morgan fingerprint density at radius 1 is 1.19 bits per heavy atom. The van der Waals surface area contributed by atoms with E-state index in [1.165, 1.54) is 5.56 Å². The van der Waals surface area contributed by atoms with Crippen LogP contribution < -0.4 is 0 Å². The zero-order valence-electron chi connectivity index (χ0n) is 17.8. The molecule has 1 amide bonds. The lowest BCUT2D eigenvalue weighted by atomic mass is 9.68. The highest BCUT2D eigenvalue weighted by Crippen LogP contribution is 2.45. The summed E-state index contributed by atoms with van der Waals surface area (Å²) in [6.45, 7) is 5.15. The van der Waals surface area contributed by atoms with E-state index in [4.69, 9.17) is 14.6 Å². The van der Waals surface area contributed by atoms with Gasteiger partial charge in [-0.3, -0.25) is 9.69 Å². The first kappa shape index (κ1) is 24.5. The van der Waals surface area contributed by atoms with E-state index in [1.807, 2.05) is 4.90 Å². The Morgan fingerprint density at radius 3 is 2.44 bits per heavy atom. The van der Waals surface area contributed by atoms with Crippen molar-refractivity contribution in [2.45, 2.75) is 37.0 Å². The summed E-state index contributed by atoms with van der Waals surface area (Å²) in [5.41, 5.74) is 1.48. The summed E-state index contributed by atoms with van der Waals surface area (Å²) in [7, 11) is 0. The Balaban J connectivity index is 0.000000360. The fourth-order valence-electron chi connectivity index (χ4n) is 5.02. The van der Waals surface area contributed by atoms with Crippen molar-refractivity contribution in [1.82, 2.24) is 9.80 Å². The molecule has 3 saturated heterocycles. The first-order valence-corrected chi connectivity index (χ1v) is 10.8. The van der Waals surface area contributed by atoms with E-state index in [9.17, 15) is 23.1 Å². The van der Waals surface area contributed by atoms with Gasteiger partial charge in [-0.25, -0.2) is 4.79 Å². The highest BCUT2D eigenvalue weighted by Gasteiger charge is 2.51. The van der Waals surface area contributed by atoms with Gasteiger partial charge in [0.1, 0.15) is 6.10 Å². The zero-order chi connectivity index (χ0) is 23.4. The van der Waals surface area contributed by atoms with Crippen molar-refractivity contribution < 1.29 is 37.7 Å². The molecule has 4 rings (SSSR count). The second-order valence-corrected chi connectivity index (χ2v) is 8.52. The smallest absolute Gasteiger partial charge is 0.475 e. The van der Waals surface area contributed by atoms with Gasteiger partial charge in [-0.05, 0) is 24.8 Å². The molecular formula is C22H29F3N2O5. The normalized spacial score (nSPS) is 28.1. The number of nitrogens with zero attached hydrogens (tertiary/aromatic N) is 2. The molecule has 3 fully saturated rings. The summed E-state index contributed by atoms with van der Waals surface area (Å²) < 4.78 is 37.4. The van der Waals surface area contributed by atoms with Crippen LogP contribution in [0.1, 0.15) is 24.8 Å². The quantitative estimate of drug-likeness (QED) is 0.717. The molecule has 0 spiro atoms. The molecule has 3 aliphatic rings. The number of fused-ring (bicyclic) bond motifs is 1. The molecule has 3 heterocycles. The lowest BCUT2D eigenvalue weighted by Gasteiger charge is -2.44. The SMILES string of the molecule is O=C(O)C(F)(F)F.O=C([C@H]1CCCO1)N1CCC2(c3ccccc3)CN(CCO)CC2C1. The predicted octanol–water partition coefficient (Wildman–Crippen LogP) is 1.89. The fraction of sp³-hybridized carbons (Fsp3) is 0.636. The van der Waals surface area contributed by atoms with Crippen LogP contribution in [0.5, 0.6) is 0 Å². The number of aliphatic carboxylic acids is 1. The van der Waals surface area contributed by atoms with Crippen LogP contribution in [0.15, 0.2) is 30.3 Å². The van der Waals surface area contributed by atoms with E-state index in [1.54, 1.807) is 0 Å². The minimum atomic E-state index is -5.08. The number of hydrogen-bond acceptors (Lipinski definition) is 5. The number of carbonyl (C=O) groups is 2. The first-order chi connectivity index (χ1) is 15.2. The van der Waals surface area contributed by atoms with Gasteiger partial charge in [-0.1, -0.05) is 30.3 Å². The lowest BCUT2D eigenvalue weighted by molar-refractivity contribution is -0.192. The molecule has 2 unspecified atom stereocenters. The van der Waals surface area contributed by atoms with E-state index >= 15 is 0 Å². The third-order valence-corrected chi connectivity index (χ3v) is 6.56. The molecule has 3 aliphatic heterocycles. The Hall–Kier alpha value is -2.17. The molecule has 0 aromatic heterocycles. The van der Waals surface area contributed by atoms with Crippen LogP contribution in [-0.2, 0) is 19.7 Å². The first-order valence-electron chi connectivity index (χ1n) is 10.8. The van der Waals surface area contributed by atoms with Crippen molar-refractivity contribution in [3.05, 3.63) is 35.9 Å². The summed E-state index contributed by atoms with van der Waals surface area (Å²) in [6, 6.07) is 10.7. The number of aliphatic hydroxyl groups excluding tert-OH is 1. The second-order valence-electron chi connectivity index (χ2n) is 8.52. The minimum absolute atomic E-state index is 0.101. The van der Waals surface area contributed by atoms with Crippen molar-refractivity contribution in [3.63, 3.8) is 0 Å². The van der Waals surface area contributed by atoms with Gasteiger partial charge < -0.3 is 19.8 Å². The Labute approximate surface area is 184 Å². The maximum atomic E-state index is 12.8. The number of alkyl halides is 3. The number of halogens is 3. The molecule has 178 valence electrons. The summed E-state index contributed by atoms with van der Waals surface area (Å²) in [5.74, 6) is -2.16. The van der Waals surface area contributed by atoms with E-state index in [0.29, 0.717) is 19.1 Å². The lowest BCUT2D eigenvalue weighted by Crippen LogP contribution is -2.53. The number of aliphatic hydroxyl groups is 1. The van der Waals surface area contributed by atoms with Crippen LogP contribution in [0, 0.1) is 5.92 Å². The predicted molar refractivity (Wildman–Crippen MR) is 109 cm³/mol. The summed E-state index contributed by atoms with van der Waals surface area (Å²) in [4.78, 5) is 26.1. The average molecular weight is 458 g/mol. The molecule has 1 aromatic rings. The number of benzene rings is 1.